The Kier molecular flexibility index (Phi) is 3.65. The summed E-state index contributed by atoms with van der Waals surface area (Å²) in [5.74, 6) is 2.15. The largest absolute Gasteiger partial charge is 0.507 e. The molecule has 0 saturated heterocycles. The average Bonchev–Trinajstić information content (AvgIpc) is 2.98. The van der Waals surface area contributed by atoms with Gasteiger partial charge in [0.2, 0.25) is 0 Å². The SMILES string of the molecule is Cc1cc(Oc2ccc(-c3n[nH]c(=O)[nH]3)cc2)c(C)c(C)c1O. The van der Waals surface area contributed by atoms with Crippen molar-refractivity contribution in [2.24, 2.45) is 0 Å². The lowest BCUT2D eigenvalue weighted by Crippen LogP contribution is -2.00. The van der Waals surface area contributed by atoms with Crippen LogP contribution in [0.25, 0.3) is 11.4 Å². The number of H-pyrrole nitrogens is 2. The molecule has 0 aliphatic rings. The number of aromatic nitrogens is 3. The number of hydrogen-bond acceptors (Lipinski definition) is 4. The molecule has 6 heteroatoms. The number of phenolic OH excluding ortho intramolecular Hbond substituents is 1. The van der Waals surface area contributed by atoms with E-state index in [1.54, 1.807) is 12.1 Å². The number of nitrogens with zero attached hydrogens (tertiary/aromatic N) is 1. The molecule has 0 aliphatic heterocycles. The van der Waals surface area contributed by atoms with Crippen molar-refractivity contribution in [1.29, 1.82) is 0 Å². The van der Waals surface area contributed by atoms with Crippen molar-refractivity contribution in [3.05, 3.63) is 57.5 Å². The van der Waals surface area contributed by atoms with E-state index in [1.165, 1.54) is 0 Å². The molecule has 1 heterocycles. The van der Waals surface area contributed by atoms with Crippen LogP contribution in [-0.4, -0.2) is 20.3 Å². The fraction of sp³-hybridized carbons (Fsp3) is 0.176. The van der Waals surface area contributed by atoms with Crippen molar-refractivity contribution < 1.29 is 9.84 Å². The molecular formula is C17H17N3O3. The van der Waals surface area contributed by atoms with Gasteiger partial charge >= 0.3 is 5.69 Å². The number of aromatic amines is 2. The van der Waals surface area contributed by atoms with Crippen LogP contribution in [0, 0.1) is 20.8 Å². The van der Waals surface area contributed by atoms with Gasteiger partial charge in [0.1, 0.15) is 17.2 Å². The zero-order valence-corrected chi connectivity index (χ0v) is 13.1. The maximum absolute atomic E-state index is 11.1. The highest BCUT2D eigenvalue weighted by atomic mass is 16.5. The standard InChI is InChI=1S/C17H17N3O3/c1-9-8-14(10(2)11(3)15(9)21)23-13-6-4-12(5-7-13)16-18-17(22)20-19-16/h4-8,21H,1-3H3,(H2,18,19,20,22). The highest BCUT2D eigenvalue weighted by Crippen LogP contribution is 2.34. The van der Waals surface area contributed by atoms with E-state index in [-0.39, 0.29) is 5.69 Å². The third kappa shape index (κ3) is 2.83. The molecule has 0 radical (unpaired) electrons. The van der Waals surface area contributed by atoms with Gasteiger partial charge in [-0.1, -0.05) is 0 Å². The van der Waals surface area contributed by atoms with Crippen molar-refractivity contribution >= 4 is 0 Å². The minimum absolute atomic E-state index is 0.299. The lowest BCUT2D eigenvalue weighted by Gasteiger charge is -2.14. The highest BCUT2D eigenvalue weighted by molar-refractivity contribution is 5.56. The van der Waals surface area contributed by atoms with Crippen LogP contribution in [0.1, 0.15) is 16.7 Å². The van der Waals surface area contributed by atoms with E-state index in [1.807, 2.05) is 39.0 Å². The van der Waals surface area contributed by atoms with Gasteiger partial charge < -0.3 is 9.84 Å². The Morgan fingerprint density at radius 3 is 2.39 bits per heavy atom. The summed E-state index contributed by atoms with van der Waals surface area (Å²) in [6, 6.07) is 9.06. The molecular weight excluding hydrogens is 294 g/mol. The summed E-state index contributed by atoms with van der Waals surface area (Å²) in [7, 11) is 0. The first-order chi connectivity index (χ1) is 11.0. The van der Waals surface area contributed by atoms with Gasteiger partial charge in [0, 0.05) is 5.56 Å². The Balaban J connectivity index is 1.88. The number of hydrogen-bond donors (Lipinski definition) is 3. The summed E-state index contributed by atoms with van der Waals surface area (Å²) in [6.07, 6.45) is 0. The van der Waals surface area contributed by atoms with Crippen LogP contribution in [0.2, 0.25) is 0 Å². The van der Waals surface area contributed by atoms with Gasteiger partial charge in [-0.2, -0.15) is 5.10 Å². The predicted molar refractivity (Wildman–Crippen MR) is 87.0 cm³/mol. The minimum atomic E-state index is -0.342. The molecule has 0 unspecified atom stereocenters. The summed E-state index contributed by atoms with van der Waals surface area (Å²) in [5, 5.41) is 16.2. The van der Waals surface area contributed by atoms with Gasteiger partial charge in [-0.15, -0.1) is 0 Å². The number of aryl methyl sites for hydroxylation is 1. The van der Waals surface area contributed by atoms with E-state index >= 15 is 0 Å². The fourth-order valence-electron chi connectivity index (χ4n) is 2.35. The lowest BCUT2D eigenvalue weighted by molar-refractivity contribution is 0.454. The fourth-order valence-corrected chi connectivity index (χ4v) is 2.35. The van der Waals surface area contributed by atoms with Crippen LogP contribution in [0.15, 0.2) is 35.1 Å². The first kappa shape index (κ1) is 14.9. The maximum Gasteiger partial charge on any atom is 0.340 e. The summed E-state index contributed by atoms with van der Waals surface area (Å²) in [5.41, 5.74) is 2.92. The van der Waals surface area contributed by atoms with Gasteiger partial charge in [0.25, 0.3) is 0 Å². The number of nitrogens with one attached hydrogen (secondary N) is 2. The van der Waals surface area contributed by atoms with E-state index in [0.717, 1.165) is 22.3 Å². The third-order valence-electron chi connectivity index (χ3n) is 3.87. The van der Waals surface area contributed by atoms with Crippen LogP contribution in [0.3, 0.4) is 0 Å². The molecule has 0 aliphatic carbocycles. The number of aromatic hydroxyl groups is 1. The molecule has 3 N–H and O–H groups in total. The molecule has 0 spiro atoms. The molecule has 0 atom stereocenters. The zero-order chi connectivity index (χ0) is 16.6. The minimum Gasteiger partial charge on any atom is -0.507 e. The highest BCUT2D eigenvalue weighted by Gasteiger charge is 2.11. The monoisotopic (exact) mass is 311 g/mol. The Bertz CT molecular complexity index is 908. The summed E-state index contributed by atoms with van der Waals surface area (Å²) in [4.78, 5) is 13.7. The third-order valence-corrected chi connectivity index (χ3v) is 3.87. The molecule has 1 aromatic heterocycles. The maximum atomic E-state index is 11.1. The van der Waals surface area contributed by atoms with Crippen molar-refractivity contribution in [3.8, 4) is 28.6 Å². The molecule has 6 nitrogen and oxygen atoms in total. The molecule has 118 valence electrons. The van der Waals surface area contributed by atoms with E-state index in [4.69, 9.17) is 4.74 Å². The first-order valence-electron chi connectivity index (χ1n) is 7.18. The van der Waals surface area contributed by atoms with Crippen LogP contribution in [0.4, 0.5) is 0 Å². The molecule has 23 heavy (non-hydrogen) atoms. The second kappa shape index (κ2) is 5.64. The predicted octanol–water partition coefficient (Wildman–Crippen LogP) is 3.19. The molecule has 3 aromatic rings. The normalized spacial score (nSPS) is 10.7. The first-order valence-corrected chi connectivity index (χ1v) is 7.18. The van der Waals surface area contributed by atoms with E-state index in [2.05, 4.69) is 15.2 Å². The summed E-state index contributed by atoms with van der Waals surface area (Å²) >= 11 is 0. The topological polar surface area (TPSA) is 91.0 Å². The van der Waals surface area contributed by atoms with Gasteiger partial charge in [0.15, 0.2) is 5.82 Å². The van der Waals surface area contributed by atoms with Crippen LogP contribution in [-0.2, 0) is 0 Å². The van der Waals surface area contributed by atoms with Crippen LogP contribution in [0.5, 0.6) is 17.2 Å². The van der Waals surface area contributed by atoms with Crippen molar-refractivity contribution in [3.63, 3.8) is 0 Å². The molecule has 2 aromatic carbocycles. The van der Waals surface area contributed by atoms with E-state index < -0.39 is 0 Å². The number of phenols is 1. The summed E-state index contributed by atoms with van der Waals surface area (Å²) in [6.45, 7) is 5.61. The Hall–Kier alpha value is -3.02. The van der Waals surface area contributed by atoms with Crippen molar-refractivity contribution in [1.82, 2.24) is 15.2 Å². The van der Waals surface area contributed by atoms with Gasteiger partial charge in [0.05, 0.1) is 0 Å². The average molecular weight is 311 g/mol. The van der Waals surface area contributed by atoms with E-state index in [0.29, 0.717) is 23.1 Å². The molecule has 0 bridgehead atoms. The summed E-state index contributed by atoms with van der Waals surface area (Å²) < 4.78 is 5.91. The van der Waals surface area contributed by atoms with Gasteiger partial charge in [-0.3, -0.25) is 4.98 Å². The molecule has 0 saturated carbocycles. The Labute approximate surface area is 132 Å². The Morgan fingerprint density at radius 1 is 1.09 bits per heavy atom. The smallest absolute Gasteiger partial charge is 0.340 e. The van der Waals surface area contributed by atoms with Crippen molar-refractivity contribution in [2.45, 2.75) is 20.8 Å². The second-order valence-corrected chi connectivity index (χ2v) is 5.44. The number of rotatable bonds is 3. The van der Waals surface area contributed by atoms with E-state index in [9.17, 15) is 9.90 Å². The number of benzene rings is 2. The molecule has 3 rings (SSSR count). The zero-order valence-electron chi connectivity index (χ0n) is 13.1. The second-order valence-electron chi connectivity index (χ2n) is 5.44. The van der Waals surface area contributed by atoms with Gasteiger partial charge in [-0.05, 0) is 67.8 Å². The molecule has 0 amide bonds. The number of ether oxygens (including phenoxy) is 1. The van der Waals surface area contributed by atoms with Crippen LogP contribution >= 0.6 is 0 Å². The Morgan fingerprint density at radius 2 is 1.78 bits per heavy atom. The van der Waals surface area contributed by atoms with Crippen LogP contribution < -0.4 is 10.4 Å². The quantitative estimate of drug-likeness (QED) is 0.693. The van der Waals surface area contributed by atoms with Crippen molar-refractivity contribution in [2.75, 3.05) is 0 Å². The molecule has 0 fully saturated rings. The van der Waals surface area contributed by atoms with Gasteiger partial charge in [-0.25, -0.2) is 9.89 Å². The lowest BCUT2D eigenvalue weighted by atomic mass is 10.0.